The number of esters is 1. The maximum Gasteiger partial charge on any atom is 0.412 e. The van der Waals surface area contributed by atoms with Gasteiger partial charge in [0.05, 0.1) is 25.8 Å². The molecule has 9 heteroatoms. The Labute approximate surface area is 194 Å². The van der Waals surface area contributed by atoms with Crippen LogP contribution in [-0.4, -0.2) is 57.3 Å². The van der Waals surface area contributed by atoms with E-state index in [2.05, 4.69) is 5.10 Å². The number of rotatable bonds is 7. The lowest BCUT2D eigenvalue weighted by molar-refractivity contribution is -0.0630. The number of carbonyl (C=O) groups is 2. The highest BCUT2D eigenvalue weighted by atomic mass is 16.6. The second-order valence-corrected chi connectivity index (χ2v) is 9.29. The molecule has 0 N–H and O–H groups in total. The minimum absolute atomic E-state index is 0.186. The van der Waals surface area contributed by atoms with Gasteiger partial charge in [-0.2, -0.15) is 5.10 Å². The van der Waals surface area contributed by atoms with Crippen LogP contribution in [0.15, 0.2) is 36.4 Å². The van der Waals surface area contributed by atoms with Crippen LogP contribution in [0.2, 0.25) is 0 Å². The van der Waals surface area contributed by atoms with E-state index in [1.807, 2.05) is 65.0 Å². The molecule has 1 saturated heterocycles. The number of nitrogens with zero attached hydrogens (tertiary/aromatic N) is 3. The molecule has 1 aromatic heterocycles. The van der Waals surface area contributed by atoms with Gasteiger partial charge in [0.25, 0.3) is 0 Å². The van der Waals surface area contributed by atoms with Gasteiger partial charge < -0.3 is 18.9 Å². The Morgan fingerprint density at radius 1 is 1.21 bits per heavy atom. The van der Waals surface area contributed by atoms with Gasteiger partial charge in [-0.3, -0.25) is 9.58 Å². The van der Waals surface area contributed by atoms with E-state index >= 15 is 0 Å². The second kappa shape index (κ2) is 9.82. The first-order valence-electron chi connectivity index (χ1n) is 11.1. The topological polar surface area (TPSA) is 92.1 Å². The van der Waals surface area contributed by atoms with E-state index in [-0.39, 0.29) is 38.1 Å². The third-order valence-electron chi connectivity index (χ3n) is 4.99. The van der Waals surface area contributed by atoms with Crippen molar-refractivity contribution in [3.05, 3.63) is 47.8 Å². The highest BCUT2D eigenvalue weighted by molar-refractivity contribution is 5.87. The van der Waals surface area contributed by atoms with Gasteiger partial charge in [-0.05, 0) is 59.7 Å². The quantitative estimate of drug-likeness (QED) is 0.578. The molecule has 33 heavy (non-hydrogen) atoms. The van der Waals surface area contributed by atoms with Crippen molar-refractivity contribution in [1.82, 2.24) is 14.7 Å². The summed E-state index contributed by atoms with van der Waals surface area (Å²) in [6.45, 7) is 11.8. The van der Waals surface area contributed by atoms with Crippen molar-refractivity contribution in [3.63, 3.8) is 0 Å². The average molecular weight is 460 g/mol. The zero-order chi connectivity index (χ0) is 24.2. The lowest BCUT2D eigenvalue weighted by atomic mass is 10.2. The lowest BCUT2D eigenvalue weighted by Gasteiger charge is -2.35. The van der Waals surface area contributed by atoms with Crippen LogP contribution >= 0.6 is 0 Å². The SMILES string of the molecule is CCOC(=O)c1cc(COc2ccccc2)nn1C[C@@H]1COC(C)(C)N1C(=O)OC(C)(C)C. The molecule has 2 heterocycles. The summed E-state index contributed by atoms with van der Waals surface area (Å²) in [6, 6.07) is 10.6. The Hall–Kier alpha value is -3.07. The van der Waals surface area contributed by atoms with E-state index in [0.29, 0.717) is 11.4 Å². The predicted octanol–water partition coefficient (Wildman–Crippen LogP) is 4.01. The van der Waals surface area contributed by atoms with Crippen LogP contribution in [0.3, 0.4) is 0 Å². The van der Waals surface area contributed by atoms with Crippen LogP contribution in [0.1, 0.15) is 57.7 Å². The van der Waals surface area contributed by atoms with Gasteiger partial charge in [-0.1, -0.05) is 18.2 Å². The first kappa shape index (κ1) is 24.6. The number of benzene rings is 1. The highest BCUT2D eigenvalue weighted by Gasteiger charge is 2.46. The molecule has 0 aliphatic carbocycles. The smallest absolute Gasteiger partial charge is 0.412 e. The Morgan fingerprint density at radius 2 is 1.91 bits per heavy atom. The second-order valence-electron chi connectivity index (χ2n) is 9.29. The van der Waals surface area contributed by atoms with Crippen LogP contribution < -0.4 is 4.74 Å². The monoisotopic (exact) mass is 459 g/mol. The van der Waals surface area contributed by atoms with Crippen LogP contribution in [0.4, 0.5) is 4.79 Å². The minimum Gasteiger partial charge on any atom is -0.487 e. The normalized spacial score (nSPS) is 17.6. The van der Waals surface area contributed by atoms with Gasteiger partial charge in [0.2, 0.25) is 0 Å². The summed E-state index contributed by atoms with van der Waals surface area (Å²) in [7, 11) is 0. The van der Waals surface area contributed by atoms with Gasteiger partial charge in [0, 0.05) is 0 Å². The molecule has 0 spiro atoms. The minimum atomic E-state index is -0.858. The molecule has 1 atom stereocenters. The highest BCUT2D eigenvalue weighted by Crippen LogP contribution is 2.30. The van der Waals surface area contributed by atoms with Crippen molar-refractivity contribution < 1.29 is 28.5 Å². The number of carbonyl (C=O) groups excluding carboxylic acids is 2. The molecule has 0 radical (unpaired) electrons. The zero-order valence-corrected chi connectivity index (χ0v) is 20.2. The van der Waals surface area contributed by atoms with E-state index in [4.69, 9.17) is 18.9 Å². The summed E-state index contributed by atoms with van der Waals surface area (Å²) in [5.74, 6) is 0.213. The lowest BCUT2D eigenvalue weighted by Crippen LogP contribution is -2.51. The van der Waals surface area contributed by atoms with Crippen LogP contribution in [0.25, 0.3) is 0 Å². The molecule has 0 saturated carbocycles. The van der Waals surface area contributed by atoms with Crippen molar-refractivity contribution in [3.8, 4) is 5.75 Å². The molecular formula is C24H33N3O6. The number of para-hydroxylation sites is 1. The summed E-state index contributed by atoms with van der Waals surface area (Å²) >= 11 is 0. The van der Waals surface area contributed by atoms with Crippen LogP contribution in [0.5, 0.6) is 5.75 Å². The van der Waals surface area contributed by atoms with Crippen molar-refractivity contribution in [1.29, 1.82) is 0 Å². The Bertz CT molecular complexity index is 964. The largest absolute Gasteiger partial charge is 0.487 e. The molecule has 1 amide bonds. The molecule has 0 bridgehead atoms. The average Bonchev–Trinajstić information content (AvgIpc) is 3.26. The molecule has 1 fully saturated rings. The summed E-state index contributed by atoms with van der Waals surface area (Å²) < 4.78 is 24.0. The van der Waals surface area contributed by atoms with Gasteiger partial charge in [0.15, 0.2) is 0 Å². The van der Waals surface area contributed by atoms with E-state index in [0.717, 1.165) is 0 Å². The van der Waals surface area contributed by atoms with E-state index < -0.39 is 23.4 Å². The fourth-order valence-corrected chi connectivity index (χ4v) is 3.62. The van der Waals surface area contributed by atoms with E-state index in [1.165, 1.54) is 0 Å². The molecule has 180 valence electrons. The number of amides is 1. The molecule has 1 aliphatic heterocycles. The summed E-state index contributed by atoms with van der Waals surface area (Å²) in [5, 5.41) is 4.56. The van der Waals surface area contributed by atoms with Gasteiger partial charge in [0.1, 0.15) is 35.1 Å². The van der Waals surface area contributed by atoms with E-state index in [1.54, 1.807) is 22.6 Å². The van der Waals surface area contributed by atoms with Gasteiger partial charge >= 0.3 is 12.1 Å². The molecule has 2 aromatic rings. The van der Waals surface area contributed by atoms with Crippen molar-refractivity contribution >= 4 is 12.1 Å². The molecular weight excluding hydrogens is 426 g/mol. The van der Waals surface area contributed by atoms with Gasteiger partial charge in [-0.25, -0.2) is 9.59 Å². The van der Waals surface area contributed by atoms with Crippen molar-refractivity contribution in [2.45, 2.75) is 72.1 Å². The number of hydrogen-bond donors (Lipinski definition) is 0. The Morgan fingerprint density at radius 3 is 2.55 bits per heavy atom. The molecule has 3 rings (SSSR count). The van der Waals surface area contributed by atoms with E-state index in [9.17, 15) is 9.59 Å². The fourth-order valence-electron chi connectivity index (χ4n) is 3.62. The predicted molar refractivity (Wildman–Crippen MR) is 121 cm³/mol. The number of aromatic nitrogens is 2. The third kappa shape index (κ3) is 6.25. The first-order valence-corrected chi connectivity index (χ1v) is 11.1. The van der Waals surface area contributed by atoms with Crippen LogP contribution in [0, 0.1) is 0 Å². The number of ether oxygens (including phenoxy) is 4. The fraction of sp³-hybridized carbons (Fsp3) is 0.542. The summed E-state index contributed by atoms with van der Waals surface area (Å²) in [4.78, 5) is 27.1. The molecule has 1 aliphatic rings. The maximum atomic E-state index is 12.9. The Kier molecular flexibility index (Phi) is 7.31. The summed E-state index contributed by atoms with van der Waals surface area (Å²) in [5.41, 5.74) is -0.644. The van der Waals surface area contributed by atoms with Gasteiger partial charge in [-0.15, -0.1) is 0 Å². The third-order valence-corrected chi connectivity index (χ3v) is 4.99. The van der Waals surface area contributed by atoms with Crippen molar-refractivity contribution in [2.75, 3.05) is 13.2 Å². The molecule has 0 unspecified atom stereocenters. The van der Waals surface area contributed by atoms with Crippen LogP contribution in [-0.2, 0) is 27.4 Å². The maximum absolute atomic E-state index is 12.9. The molecule has 9 nitrogen and oxygen atoms in total. The zero-order valence-electron chi connectivity index (χ0n) is 20.2. The molecule has 1 aromatic carbocycles. The Balaban J connectivity index is 1.83. The first-order chi connectivity index (χ1) is 15.5. The summed E-state index contributed by atoms with van der Waals surface area (Å²) in [6.07, 6.45) is -0.479. The van der Waals surface area contributed by atoms with Crippen molar-refractivity contribution in [2.24, 2.45) is 0 Å². The number of hydrogen-bond acceptors (Lipinski definition) is 7. The standard InChI is InChI=1S/C24H33N3O6/c1-7-30-21(28)20-13-17(15-31-19-11-9-8-10-12-19)25-26(20)14-18-16-32-24(5,6)27(18)22(29)33-23(2,3)4/h8-13,18H,7,14-16H2,1-6H3/t18-/m1/s1.